The molecule has 0 amide bonds. The van der Waals surface area contributed by atoms with Gasteiger partial charge in [-0.1, -0.05) is 24.3 Å². The Morgan fingerprint density at radius 2 is 2.14 bits per heavy atom. The van der Waals surface area contributed by atoms with Crippen molar-refractivity contribution >= 4 is 5.71 Å². The predicted octanol–water partition coefficient (Wildman–Crippen LogP) is 3.35. The van der Waals surface area contributed by atoms with Gasteiger partial charge in [-0.25, -0.2) is 0 Å². The maximum atomic E-state index is 9.20. The normalized spacial score (nSPS) is 18.5. The van der Waals surface area contributed by atoms with E-state index in [1.165, 1.54) is 7.11 Å². The van der Waals surface area contributed by atoms with Crippen LogP contribution in [0.15, 0.2) is 42.0 Å². The third kappa shape index (κ3) is 3.44. The van der Waals surface area contributed by atoms with E-state index in [1.807, 2.05) is 38.1 Å². The first-order chi connectivity index (χ1) is 10.6. The first-order valence-electron chi connectivity index (χ1n) is 7.16. The predicted molar refractivity (Wildman–Crippen MR) is 86.3 cm³/mol. The van der Waals surface area contributed by atoms with Gasteiger partial charge in [-0.05, 0) is 42.7 Å². The third-order valence-electron chi connectivity index (χ3n) is 3.75. The monoisotopic (exact) mass is 296 g/mol. The molecule has 1 N–H and O–H groups in total. The highest BCUT2D eigenvalue weighted by molar-refractivity contribution is 5.98. The topological polar surface area (TPSA) is 66.1 Å². The molecular formula is C18H20N2O2. The van der Waals surface area contributed by atoms with Crippen molar-refractivity contribution in [1.29, 1.82) is 10.7 Å². The Bertz CT molecular complexity index is 668. The lowest BCUT2D eigenvalue weighted by molar-refractivity contribution is 0.162. The van der Waals surface area contributed by atoms with Crippen molar-refractivity contribution in [2.45, 2.75) is 20.0 Å². The van der Waals surface area contributed by atoms with Crippen molar-refractivity contribution in [3.05, 3.63) is 53.1 Å². The molecule has 2 unspecified atom stereocenters. The molecule has 0 aliphatic heterocycles. The van der Waals surface area contributed by atoms with Gasteiger partial charge >= 0.3 is 0 Å². The lowest BCUT2D eigenvalue weighted by atomic mass is 9.87. The summed E-state index contributed by atoms with van der Waals surface area (Å²) in [5, 5.41) is 17.3. The van der Waals surface area contributed by atoms with E-state index >= 15 is 0 Å². The fourth-order valence-corrected chi connectivity index (χ4v) is 2.43. The molecule has 0 aromatic heterocycles. The number of hydrogen-bond donors (Lipinski definition) is 1. The molecular weight excluding hydrogens is 276 g/mol. The van der Waals surface area contributed by atoms with Gasteiger partial charge in [-0.3, -0.25) is 0 Å². The van der Waals surface area contributed by atoms with E-state index in [2.05, 4.69) is 6.07 Å². The second kappa shape index (κ2) is 7.06. The summed E-state index contributed by atoms with van der Waals surface area (Å²) >= 11 is 0. The van der Waals surface area contributed by atoms with E-state index in [9.17, 15) is 5.26 Å². The molecule has 1 aliphatic carbocycles. The van der Waals surface area contributed by atoms with Crippen molar-refractivity contribution in [3.63, 3.8) is 0 Å². The standard InChI is InChI=1S/C18H20N2O2/c1-12-7-8-13(2)17(9-12)22-11-15-14(18(10-19)21-3)5-4-6-16(15)20/h4-9,15,18,20H,11H2,1-3H3. The first kappa shape index (κ1) is 16.0. The zero-order valence-electron chi connectivity index (χ0n) is 13.1. The highest BCUT2D eigenvalue weighted by Gasteiger charge is 2.27. The van der Waals surface area contributed by atoms with Gasteiger partial charge in [0.15, 0.2) is 6.10 Å². The Kier molecular flexibility index (Phi) is 5.13. The molecule has 2 rings (SSSR count). The van der Waals surface area contributed by atoms with Gasteiger partial charge in [0, 0.05) is 12.8 Å². The van der Waals surface area contributed by atoms with Gasteiger partial charge in [0.1, 0.15) is 12.4 Å². The van der Waals surface area contributed by atoms with Crippen molar-refractivity contribution in [3.8, 4) is 11.8 Å². The van der Waals surface area contributed by atoms with E-state index < -0.39 is 6.10 Å². The maximum absolute atomic E-state index is 9.20. The molecule has 1 aliphatic rings. The molecule has 1 aromatic carbocycles. The smallest absolute Gasteiger partial charge is 0.165 e. The van der Waals surface area contributed by atoms with Crippen LogP contribution in [0.4, 0.5) is 0 Å². The Morgan fingerprint density at radius 3 is 2.82 bits per heavy atom. The summed E-state index contributed by atoms with van der Waals surface area (Å²) in [7, 11) is 1.50. The molecule has 0 saturated heterocycles. The van der Waals surface area contributed by atoms with Crippen molar-refractivity contribution < 1.29 is 9.47 Å². The first-order valence-corrected chi connectivity index (χ1v) is 7.16. The molecule has 0 heterocycles. The summed E-state index contributed by atoms with van der Waals surface area (Å²) in [6, 6.07) is 8.15. The van der Waals surface area contributed by atoms with Crippen LogP contribution < -0.4 is 4.74 Å². The number of ether oxygens (including phenoxy) is 2. The summed E-state index contributed by atoms with van der Waals surface area (Å²) in [5.74, 6) is 0.544. The highest BCUT2D eigenvalue weighted by Crippen LogP contribution is 2.26. The Hall–Kier alpha value is -2.38. The molecule has 114 valence electrons. The van der Waals surface area contributed by atoms with Gasteiger partial charge in [0.05, 0.1) is 12.0 Å². The number of nitriles is 1. The van der Waals surface area contributed by atoms with Gasteiger partial charge in [-0.15, -0.1) is 0 Å². The van der Waals surface area contributed by atoms with Crippen molar-refractivity contribution in [2.24, 2.45) is 5.92 Å². The number of nitrogens with one attached hydrogen (secondary N) is 1. The number of allylic oxidation sites excluding steroid dienone is 3. The van der Waals surface area contributed by atoms with Crippen molar-refractivity contribution in [1.82, 2.24) is 0 Å². The van der Waals surface area contributed by atoms with Crippen LogP contribution in [0.2, 0.25) is 0 Å². The highest BCUT2D eigenvalue weighted by atomic mass is 16.5. The van der Waals surface area contributed by atoms with E-state index in [-0.39, 0.29) is 5.92 Å². The van der Waals surface area contributed by atoms with E-state index in [0.29, 0.717) is 12.3 Å². The Balaban J connectivity index is 2.17. The maximum Gasteiger partial charge on any atom is 0.165 e. The Labute approximate surface area is 131 Å². The fourth-order valence-electron chi connectivity index (χ4n) is 2.43. The van der Waals surface area contributed by atoms with Crippen LogP contribution in [0, 0.1) is 36.5 Å². The van der Waals surface area contributed by atoms with Crippen LogP contribution in [0.3, 0.4) is 0 Å². The molecule has 4 heteroatoms. The molecule has 2 atom stereocenters. The molecule has 0 radical (unpaired) electrons. The minimum absolute atomic E-state index is 0.269. The summed E-state index contributed by atoms with van der Waals surface area (Å²) in [6.07, 6.45) is 4.68. The molecule has 4 nitrogen and oxygen atoms in total. The number of nitrogens with zero attached hydrogens (tertiary/aromatic N) is 1. The number of rotatable bonds is 5. The van der Waals surface area contributed by atoms with Crippen LogP contribution in [-0.4, -0.2) is 25.5 Å². The summed E-state index contributed by atoms with van der Waals surface area (Å²) in [4.78, 5) is 0. The van der Waals surface area contributed by atoms with Gasteiger partial charge in [0.25, 0.3) is 0 Å². The molecule has 0 saturated carbocycles. The molecule has 0 spiro atoms. The second-order valence-corrected chi connectivity index (χ2v) is 5.36. The zero-order valence-corrected chi connectivity index (χ0v) is 13.1. The van der Waals surface area contributed by atoms with Crippen LogP contribution in [0.1, 0.15) is 11.1 Å². The lowest BCUT2D eigenvalue weighted by Crippen LogP contribution is -2.30. The molecule has 22 heavy (non-hydrogen) atoms. The van der Waals surface area contributed by atoms with Crippen LogP contribution in [-0.2, 0) is 4.74 Å². The average molecular weight is 296 g/mol. The third-order valence-corrected chi connectivity index (χ3v) is 3.75. The van der Waals surface area contributed by atoms with Crippen LogP contribution in [0.25, 0.3) is 0 Å². The zero-order chi connectivity index (χ0) is 16.1. The lowest BCUT2D eigenvalue weighted by Gasteiger charge is -2.25. The SMILES string of the molecule is COC(C#N)C1=CC=CC(=N)C1COc1cc(C)ccc1C. The van der Waals surface area contributed by atoms with E-state index in [0.717, 1.165) is 22.4 Å². The molecule has 1 aromatic rings. The number of aryl methyl sites for hydroxylation is 2. The van der Waals surface area contributed by atoms with Crippen LogP contribution >= 0.6 is 0 Å². The largest absolute Gasteiger partial charge is 0.492 e. The average Bonchev–Trinajstić information content (AvgIpc) is 2.51. The quantitative estimate of drug-likeness (QED) is 0.906. The Morgan fingerprint density at radius 1 is 1.36 bits per heavy atom. The number of methoxy groups -OCH3 is 1. The summed E-state index contributed by atoms with van der Waals surface area (Å²) in [6.45, 7) is 4.32. The minimum atomic E-state index is -0.655. The van der Waals surface area contributed by atoms with E-state index in [1.54, 1.807) is 12.2 Å². The number of benzene rings is 1. The summed E-state index contributed by atoms with van der Waals surface area (Å²) < 4.78 is 11.1. The summed E-state index contributed by atoms with van der Waals surface area (Å²) in [5.41, 5.74) is 3.38. The second-order valence-electron chi connectivity index (χ2n) is 5.36. The minimum Gasteiger partial charge on any atom is -0.492 e. The fraction of sp³-hybridized carbons (Fsp3) is 0.333. The van der Waals surface area contributed by atoms with Crippen LogP contribution in [0.5, 0.6) is 5.75 Å². The van der Waals surface area contributed by atoms with Gasteiger partial charge in [0.2, 0.25) is 0 Å². The molecule has 0 fully saturated rings. The molecule has 0 bridgehead atoms. The van der Waals surface area contributed by atoms with Gasteiger partial charge in [-0.2, -0.15) is 5.26 Å². The van der Waals surface area contributed by atoms with E-state index in [4.69, 9.17) is 14.9 Å². The van der Waals surface area contributed by atoms with Crippen molar-refractivity contribution in [2.75, 3.05) is 13.7 Å². The number of hydrogen-bond acceptors (Lipinski definition) is 4. The van der Waals surface area contributed by atoms with Gasteiger partial charge < -0.3 is 14.9 Å².